The van der Waals surface area contributed by atoms with Crippen molar-refractivity contribution < 1.29 is 34.0 Å². The van der Waals surface area contributed by atoms with Crippen molar-refractivity contribution in [1.82, 2.24) is 19.5 Å². The van der Waals surface area contributed by atoms with E-state index in [2.05, 4.69) is 15.0 Å². The summed E-state index contributed by atoms with van der Waals surface area (Å²) in [7, 11) is -4.48. The second kappa shape index (κ2) is 9.09. The van der Waals surface area contributed by atoms with E-state index in [9.17, 15) is 19.6 Å². The SMILES string of the molecule is Nc1nc2c(ncn2[C@@H]2O[C@H](OCP(=O)(O)O)[C@@H](O)[C@H]2O)c(=O)[nH]1.[NaH].[NaH]. The Labute approximate surface area is 189 Å². The predicted octanol–water partition coefficient (Wildman–Crippen LogP) is -3.87. The van der Waals surface area contributed by atoms with Gasteiger partial charge in [0, 0.05) is 0 Å². The van der Waals surface area contributed by atoms with Gasteiger partial charge in [0.25, 0.3) is 5.56 Å². The van der Waals surface area contributed by atoms with Crippen molar-refractivity contribution in [2.24, 2.45) is 0 Å². The number of aromatic nitrogens is 4. The second-order valence-corrected chi connectivity index (χ2v) is 6.70. The van der Waals surface area contributed by atoms with E-state index in [1.54, 1.807) is 0 Å². The molecule has 0 saturated carbocycles. The Hall–Kier alpha value is 0.140. The maximum absolute atomic E-state index is 11.7. The molecule has 16 heteroatoms. The Bertz CT molecular complexity index is 871. The number of nitrogens with two attached hydrogens (primary N) is 1. The van der Waals surface area contributed by atoms with Crippen LogP contribution in [0.5, 0.6) is 0 Å². The van der Waals surface area contributed by atoms with Gasteiger partial charge in [0.2, 0.25) is 5.95 Å². The first-order valence-electron chi connectivity index (χ1n) is 6.57. The van der Waals surface area contributed by atoms with E-state index in [-0.39, 0.29) is 76.2 Å². The molecule has 0 amide bonds. The summed E-state index contributed by atoms with van der Waals surface area (Å²) in [6, 6.07) is 0. The molecular weight excluding hydrogens is 395 g/mol. The third-order valence-electron chi connectivity index (χ3n) is 3.33. The quantitative estimate of drug-likeness (QED) is 0.212. The van der Waals surface area contributed by atoms with Crippen LogP contribution in [-0.4, -0.2) is 123 Å². The number of rotatable bonds is 4. The number of nitrogen functional groups attached to an aromatic ring is 1. The van der Waals surface area contributed by atoms with E-state index in [4.69, 9.17) is 25.0 Å². The molecule has 2 aromatic heterocycles. The summed E-state index contributed by atoms with van der Waals surface area (Å²) in [5, 5.41) is 20.0. The monoisotopic (exact) mass is 411 g/mol. The van der Waals surface area contributed by atoms with E-state index >= 15 is 0 Å². The summed E-state index contributed by atoms with van der Waals surface area (Å²) in [6.07, 6.45) is -5.69. The molecule has 4 atom stereocenters. The van der Waals surface area contributed by atoms with Gasteiger partial charge in [-0.1, -0.05) is 0 Å². The average Bonchev–Trinajstić information content (AvgIpc) is 3.00. The van der Waals surface area contributed by atoms with Gasteiger partial charge in [0.15, 0.2) is 30.0 Å². The van der Waals surface area contributed by atoms with Crippen LogP contribution in [0.2, 0.25) is 0 Å². The number of aliphatic hydroxyl groups is 2. The Morgan fingerprint density at radius 2 is 2.00 bits per heavy atom. The number of nitrogens with one attached hydrogen (secondary N) is 1. The Morgan fingerprint density at radius 1 is 1.35 bits per heavy atom. The fourth-order valence-corrected chi connectivity index (χ4v) is 2.64. The fourth-order valence-electron chi connectivity index (χ4n) is 2.30. The zero-order valence-electron chi connectivity index (χ0n) is 11.9. The maximum atomic E-state index is 11.7. The van der Waals surface area contributed by atoms with E-state index in [1.165, 1.54) is 0 Å². The molecule has 13 nitrogen and oxygen atoms in total. The van der Waals surface area contributed by atoms with Crippen molar-refractivity contribution in [3.8, 4) is 0 Å². The molecule has 136 valence electrons. The van der Waals surface area contributed by atoms with Crippen LogP contribution in [0.25, 0.3) is 11.2 Å². The standard InChI is InChI=1S/C10H14N5O8P.2Na.2H/c11-10-13-6-3(7(18)14-10)12-1-15(6)8-4(16)5(17)9(23-8)22-2-24(19,20)21;;;;/h1,4-5,8-9,16-17H,2H2,(H2,19,20,21)(H3,11,13,14,18);;;;/t4-,5+,8-,9+;;;;/m1..../s1. The molecule has 2 aromatic rings. The molecule has 1 saturated heterocycles. The van der Waals surface area contributed by atoms with Gasteiger partial charge in [-0.25, -0.2) is 4.98 Å². The average molecular weight is 411 g/mol. The number of nitrogens with zero attached hydrogens (tertiary/aromatic N) is 3. The summed E-state index contributed by atoms with van der Waals surface area (Å²) >= 11 is 0. The zero-order chi connectivity index (χ0) is 17.6. The van der Waals surface area contributed by atoms with Crippen LogP contribution < -0.4 is 11.3 Å². The molecule has 0 aliphatic carbocycles. The number of imidazole rings is 1. The van der Waals surface area contributed by atoms with Crippen molar-refractivity contribution in [3.63, 3.8) is 0 Å². The van der Waals surface area contributed by atoms with Crippen LogP contribution in [0.3, 0.4) is 0 Å². The normalized spacial score (nSPS) is 25.7. The first-order chi connectivity index (χ1) is 11.2. The Kier molecular flexibility index (Phi) is 8.46. The summed E-state index contributed by atoms with van der Waals surface area (Å²) in [6.45, 7) is 0. The number of aliphatic hydroxyl groups excluding tert-OH is 2. The number of H-pyrrole nitrogens is 1. The van der Waals surface area contributed by atoms with Gasteiger partial charge in [0.1, 0.15) is 12.2 Å². The number of ether oxygens (including phenoxy) is 2. The molecule has 0 unspecified atom stereocenters. The van der Waals surface area contributed by atoms with Crippen molar-refractivity contribution in [2.45, 2.75) is 24.7 Å². The first-order valence-corrected chi connectivity index (χ1v) is 8.37. The van der Waals surface area contributed by atoms with Gasteiger partial charge in [0.05, 0.1) is 6.33 Å². The van der Waals surface area contributed by atoms with Gasteiger partial charge in [-0.05, 0) is 0 Å². The van der Waals surface area contributed by atoms with Crippen LogP contribution in [0.4, 0.5) is 5.95 Å². The Balaban J connectivity index is 0.00000169. The molecule has 0 bridgehead atoms. The molecule has 1 fully saturated rings. The third-order valence-corrected chi connectivity index (χ3v) is 3.81. The van der Waals surface area contributed by atoms with Crippen LogP contribution in [0.15, 0.2) is 11.1 Å². The topological polar surface area (TPSA) is 206 Å². The van der Waals surface area contributed by atoms with E-state index < -0.39 is 44.2 Å². The number of hydrogen-bond acceptors (Lipinski definition) is 9. The molecule has 3 heterocycles. The van der Waals surface area contributed by atoms with Crippen molar-refractivity contribution in [1.29, 1.82) is 0 Å². The van der Waals surface area contributed by atoms with Crippen LogP contribution >= 0.6 is 7.60 Å². The van der Waals surface area contributed by atoms with Crippen LogP contribution in [0, 0.1) is 0 Å². The molecular formula is C10H16N5Na2O8P. The van der Waals surface area contributed by atoms with Gasteiger partial charge in [-0.2, -0.15) is 4.98 Å². The first kappa shape index (κ1) is 24.2. The van der Waals surface area contributed by atoms with Gasteiger partial charge in [-0.3, -0.25) is 18.9 Å². The van der Waals surface area contributed by atoms with E-state index in [0.717, 1.165) is 10.9 Å². The number of fused-ring (bicyclic) bond motifs is 1. The summed E-state index contributed by atoms with van der Waals surface area (Å²) in [5.74, 6) is -0.184. The minimum absolute atomic E-state index is 0. The molecule has 26 heavy (non-hydrogen) atoms. The van der Waals surface area contributed by atoms with E-state index in [1.807, 2.05) is 0 Å². The molecule has 7 N–H and O–H groups in total. The fraction of sp³-hybridized carbons (Fsp3) is 0.500. The molecule has 1 aliphatic rings. The number of anilines is 1. The molecule has 3 rings (SSSR count). The minimum atomic E-state index is -4.48. The summed E-state index contributed by atoms with van der Waals surface area (Å²) in [5.41, 5.74) is 4.81. The van der Waals surface area contributed by atoms with Crippen LogP contribution in [-0.2, 0) is 14.0 Å². The Morgan fingerprint density at radius 3 is 2.62 bits per heavy atom. The molecule has 0 spiro atoms. The third kappa shape index (κ3) is 4.94. The van der Waals surface area contributed by atoms with Gasteiger partial charge in [-0.15, -0.1) is 0 Å². The van der Waals surface area contributed by atoms with Crippen LogP contribution in [0.1, 0.15) is 6.23 Å². The van der Waals surface area contributed by atoms with Gasteiger partial charge < -0.3 is 35.2 Å². The molecule has 0 radical (unpaired) electrons. The van der Waals surface area contributed by atoms with Crippen molar-refractivity contribution >= 4 is 83.8 Å². The van der Waals surface area contributed by atoms with Gasteiger partial charge >= 0.3 is 66.7 Å². The van der Waals surface area contributed by atoms with Crippen molar-refractivity contribution in [3.05, 3.63) is 16.7 Å². The summed E-state index contributed by atoms with van der Waals surface area (Å²) < 4.78 is 22.1. The van der Waals surface area contributed by atoms with E-state index in [0.29, 0.717) is 0 Å². The van der Waals surface area contributed by atoms with Crippen molar-refractivity contribution in [2.75, 3.05) is 12.1 Å². The molecule has 1 aliphatic heterocycles. The summed E-state index contributed by atoms with van der Waals surface area (Å²) in [4.78, 5) is 39.3. The second-order valence-electron chi connectivity index (χ2n) is 5.11. The number of aromatic amines is 1. The molecule has 0 aromatic carbocycles. The number of hydrogen-bond donors (Lipinski definition) is 6. The predicted molar refractivity (Wildman–Crippen MR) is 90.8 cm³/mol. The zero-order valence-corrected chi connectivity index (χ0v) is 12.8.